The fraction of sp³-hybridized carbons (Fsp3) is 0.118. The van der Waals surface area contributed by atoms with Crippen LogP contribution in [-0.2, 0) is 4.79 Å². The van der Waals surface area contributed by atoms with Gasteiger partial charge in [-0.15, -0.1) is 0 Å². The standard InChI is InChI=1S/C17H14ClIN2O4/c1-10(22)25-16-14(19)7-11(8-15(16)24-2)9-20-21-17(23)12-3-5-13(18)6-4-12/h3-9H,1-2H3,(H,21,23)/b20-9-. The van der Waals surface area contributed by atoms with Gasteiger partial charge in [-0.1, -0.05) is 11.6 Å². The number of hydrazone groups is 1. The summed E-state index contributed by atoms with van der Waals surface area (Å²) in [4.78, 5) is 23.1. The van der Waals surface area contributed by atoms with Crippen molar-refractivity contribution in [2.75, 3.05) is 7.11 Å². The Balaban J connectivity index is 2.12. The lowest BCUT2D eigenvalue weighted by Crippen LogP contribution is -2.17. The van der Waals surface area contributed by atoms with Crippen LogP contribution in [0.1, 0.15) is 22.8 Å². The molecule has 0 saturated heterocycles. The number of amides is 1. The highest BCUT2D eigenvalue weighted by atomic mass is 127. The van der Waals surface area contributed by atoms with Crippen LogP contribution in [0.15, 0.2) is 41.5 Å². The molecule has 0 heterocycles. The molecule has 0 unspecified atom stereocenters. The fourth-order valence-electron chi connectivity index (χ4n) is 1.89. The van der Waals surface area contributed by atoms with Crippen LogP contribution in [-0.4, -0.2) is 25.2 Å². The van der Waals surface area contributed by atoms with Crippen LogP contribution in [0.2, 0.25) is 5.02 Å². The van der Waals surface area contributed by atoms with E-state index in [9.17, 15) is 9.59 Å². The number of carbonyl (C=O) groups is 2. The Morgan fingerprint density at radius 2 is 1.92 bits per heavy atom. The minimum Gasteiger partial charge on any atom is -0.493 e. The molecule has 0 atom stereocenters. The second-order valence-electron chi connectivity index (χ2n) is 4.83. The minimum absolute atomic E-state index is 0.345. The largest absolute Gasteiger partial charge is 0.493 e. The van der Waals surface area contributed by atoms with E-state index < -0.39 is 5.97 Å². The average molecular weight is 473 g/mol. The minimum atomic E-state index is -0.437. The summed E-state index contributed by atoms with van der Waals surface area (Å²) < 4.78 is 11.0. The summed E-state index contributed by atoms with van der Waals surface area (Å²) in [5, 5.41) is 4.47. The number of hydrogen-bond donors (Lipinski definition) is 1. The summed E-state index contributed by atoms with van der Waals surface area (Å²) in [5.74, 6) is -0.0514. The van der Waals surface area contributed by atoms with Gasteiger partial charge < -0.3 is 9.47 Å². The number of nitrogens with one attached hydrogen (secondary N) is 1. The van der Waals surface area contributed by atoms with Gasteiger partial charge in [0.25, 0.3) is 5.91 Å². The Bertz CT molecular complexity index is 822. The number of nitrogens with zero attached hydrogens (tertiary/aromatic N) is 1. The zero-order chi connectivity index (χ0) is 18.4. The summed E-state index contributed by atoms with van der Waals surface area (Å²) in [6.07, 6.45) is 1.47. The van der Waals surface area contributed by atoms with Crippen LogP contribution in [0, 0.1) is 3.57 Å². The van der Waals surface area contributed by atoms with Gasteiger partial charge in [0, 0.05) is 17.5 Å². The first-order valence-electron chi connectivity index (χ1n) is 7.05. The molecule has 130 valence electrons. The van der Waals surface area contributed by atoms with E-state index in [1.54, 1.807) is 36.4 Å². The SMILES string of the molecule is COc1cc(/C=N\NC(=O)c2ccc(Cl)cc2)cc(I)c1OC(C)=O. The molecule has 2 aromatic carbocycles. The number of rotatable bonds is 5. The van der Waals surface area contributed by atoms with Crippen molar-refractivity contribution in [2.24, 2.45) is 5.10 Å². The molecule has 0 aliphatic heterocycles. The van der Waals surface area contributed by atoms with Gasteiger partial charge in [-0.3, -0.25) is 9.59 Å². The third kappa shape index (κ3) is 5.43. The average Bonchev–Trinajstić information content (AvgIpc) is 2.57. The van der Waals surface area contributed by atoms with E-state index in [0.717, 1.165) is 0 Å². The molecule has 0 saturated carbocycles. The van der Waals surface area contributed by atoms with E-state index in [2.05, 4.69) is 10.5 Å². The van der Waals surface area contributed by atoms with E-state index >= 15 is 0 Å². The maximum absolute atomic E-state index is 12.0. The van der Waals surface area contributed by atoms with Crippen LogP contribution in [0.4, 0.5) is 0 Å². The van der Waals surface area contributed by atoms with Gasteiger partial charge in [-0.05, 0) is 64.6 Å². The third-order valence-corrected chi connectivity index (χ3v) is 4.04. The zero-order valence-corrected chi connectivity index (χ0v) is 16.3. The Hall–Kier alpha value is -2.13. The van der Waals surface area contributed by atoms with Crippen LogP contribution in [0.3, 0.4) is 0 Å². The van der Waals surface area contributed by atoms with Crippen molar-refractivity contribution in [1.82, 2.24) is 5.43 Å². The maximum atomic E-state index is 12.0. The van der Waals surface area contributed by atoms with Crippen molar-refractivity contribution in [3.8, 4) is 11.5 Å². The first-order valence-corrected chi connectivity index (χ1v) is 8.51. The molecule has 25 heavy (non-hydrogen) atoms. The summed E-state index contributed by atoms with van der Waals surface area (Å²) >= 11 is 7.81. The number of ether oxygens (including phenoxy) is 2. The van der Waals surface area contributed by atoms with Gasteiger partial charge in [-0.2, -0.15) is 5.10 Å². The van der Waals surface area contributed by atoms with Gasteiger partial charge >= 0.3 is 5.97 Å². The van der Waals surface area contributed by atoms with E-state index in [1.165, 1.54) is 20.2 Å². The number of esters is 1. The fourth-order valence-corrected chi connectivity index (χ4v) is 2.75. The molecule has 0 fully saturated rings. The highest BCUT2D eigenvalue weighted by Crippen LogP contribution is 2.33. The van der Waals surface area contributed by atoms with Crippen molar-refractivity contribution in [1.29, 1.82) is 0 Å². The number of halogens is 2. The molecule has 1 amide bonds. The predicted octanol–water partition coefficient (Wildman–Crippen LogP) is 3.64. The Morgan fingerprint density at radius 3 is 2.52 bits per heavy atom. The van der Waals surface area contributed by atoms with Crippen molar-refractivity contribution in [3.63, 3.8) is 0 Å². The Kier molecular flexibility index (Phi) is 6.77. The van der Waals surface area contributed by atoms with E-state index in [4.69, 9.17) is 21.1 Å². The van der Waals surface area contributed by atoms with Crippen molar-refractivity contribution in [3.05, 3.63) is 56.1 Å². The maximum Gasteiger partial charge on any atom is 0.308 e. The topological polar surface area (TPSA) is 77.0 Å². The first kappa shape index (κ1) is 19.2. The summed E-state index contributed by atoms with van der Waals surface area (Å²) in [6.45, 7) is 1.32. The molecule has 0 bridgehead atoms. The van der Waals surface area contributed by atoms with E-state index in [1.807, 2.05) is 22.6 Å². The normalized spacial score (nSPS) is 10.6. The lowest BCUT2D eigenvalue weighted by atomic mass is 10.2. The quantitative estimate of drug-likeness (QED) is 0.237. The van der Waals surface area contributed by atoms with Gasteiger partial charge in [0.1, 0.15) is 0 Å². The van der Waals surface area contributed by atoms with Crippen molar-refractivity contribution in [2.45, 2.75) is 6.92 Å². The highest BCUT2D eigenvalue weighted by molar-refractivity contribution is 14.1. The lowest BCUT2D eigenvalue weighted by Gasteiger charge is -2.10. The summed E-state index contributed by atoms with van der Waals surface area (Å²) in [6, 6.07) is 9.86. The van der Waals surface area contributed by atoms with Crippen LogP contribution in [0.25, 0.3) is 0 Å². The molecule has 0 aliphatic carbocycles. The number of hydrogen-bond acceptors (Lipinski definition) is 5. The van der Waals surface area contributed by atoms with Crippen LogP contribution in [0.5, 0.6) is 11.5 Å². The number of carbonyl (C=O) groups excluding carboxylic acids is 2. The van der Waals surface area contributed by atoms with Crippen molar-refractivity contribution >= 4 is 52.3 Å². The molecule has 8 heteroatoms. The van der Waals surface area contributed by atoms with Gasteiger partial charge in [0.15, 0.2) is 11.5 Å². The number of methoxy groups -OCH3 is 1. The molecular weight excluding hydrogens is 459 g/mol. The van der Waals surface area contributed by atoms with Gasteiger partial charge in [0.05, 0.1) is 16.9 Å². The second kappa shape index (κ2) is 8.82. The molecule has 0 aromatic heterocycles. The second-order valence-corrected chi connectivity index (χ2v) is 6.43. The number of benzene rings is 2. The monoisotopic (exact) mass is 472 g/mol. The van der Waals surface area contributed by atoms with Crippen molar-refractivity contribution < 1.29 is 19.1 Å². The summed E-state index contributed by atoms with van der Waals surface area (Å²) in [7, 11) is 1.47. The first-order chi connectivity index (χ1) is 11.9. The Labute approximate surface area is 163 Å². The highest BCUT2D eigenvalue weighted by Gasteiger charge is 2.13. The molecule has 6 nitrogen and oxygen atoms in total. The Morgan fingerprint density at radius 1 is 1.24 bits per heavy atom. The van der Waals surface area contributed by atoms with Crippen LogP contribution >= 0.6 is 34.2 Å². The van der Waals surface area contributed by atoms with Gasteiger partial charge in [-0.25, -0.2) is 5.43 Å². The molecule has 1 N–H and O–H groups in total. The zero-order valence-electron chi connectivity index (χ0n) is 13.4. The molecule has 0 aliphatic rings. The third-order valence-electron chi connectivity index (χ3n) is 2.98. The van der Waals surface area contributed by atoms with E-state index in [0.29, 0.717) is 31.2 Å². The van der Waals surface area contributed by atoms with Gasteiger partial charge in [0.2, 0.25) is 0 Å². The lowest BCUT2D eigenvalue weighted by molar-refractivity contribution is -0.132. The van der Waals surface area contributed by atoms with E-state index in [-0.39, 0.29) is 5.91 Å². The molecular formula is C17H14ClIN2O4. The van der Waals surface area contributed by atoms with Crippen LogP contribution < -0.4 is 14.9 Å². The molecule has 2 aromatic rings. The molecule has 0 spiro atoms. The predicted molar refractivity (Wildman–Crippen MR) is 104 cm³/mol. The molecule has 2 rings (SSSR count). The smallest absolute Gasteiger partial charge is 0.308 e. The summed E-state index contributed by atoms with van der Waals surface area (Å²) in [5.41, 5.74) is 3.55. The molecule has 0 radical (unpaired) electrons.